The molecule has 0 bridgehead atoms. The normalized spacial score (nSPS) is 9.91. The first kappa shape index (κ1) is 8.18. The topological polar surface area (TPSA) is 69.7 Å². The lowest BCUT2D eigenvalue weighted by molar-refractivity contribution is -0.160. The van der Waals surface area contributed by atoms with Gasteiger partial charge in [0, 0.05) is 0 Å². The fourth-order valence-electron chi connectivity index (χ4n) is 0.365. The predicted molar refractivity (Wildman–Crippen MR) is 37.5 cm³/mol. The molecule has 7 heteroatoms. The van der Waals surface area contributed by atoms with E-state index in [0.29, 0.717) is 0 Å². The fraction of sp³-hybridized carbons (Fsp3) is 0.250. The van der Waals surface area contributed by atoms with Crippen LogP contribution in [0.1, 0.15) is 0 Å². The molecular weight excluding hydrogens is 170 g/mol. The highest BCUT2D eigenvalue weighted by molar-refractivity contribution is 7.94. The van der Waals surface area contributed by atoms with Gasteiger partial charge in [0.15, 0.2) is 0 Å². The van der Waals surface area contributed by atoms with E-state index in [2.05, 4.69) is 35.6 Å². The van der Waals surface area contributed by atoms with Gasteiger partial charge in [0.05, 0.1) is 7.11 Å². The van der Waals surface area contributed by atoms with Crippen LogP contribution in [0.3, 0.4) is 0 Å². The molecule has 0 unspecified atom stereocenters. The monoisotopic (exact) mass is 175 g/mol. The minimum absolute atomic E-state index is 0.104. The summed E-state index contributed by atoms with van der Waals surface area (Å²) in [5.41, 5.74) is 0. The van der Waals surface area contributed by atoms with Crippen molar-refractivity contribution in [1.82, 2.24) is 10.1 Å². The summed E-state index contributed by atoms with van der Waals surface area (Å²) in [6.07, 6.45) is 0. The van der Waals surface area contributed by atoms with Crippen LogP contribution in [0.5, 0.6) is 0 Å². The summed E-state index contributed by atoms with van der Waals surface area (Å²) in [7, 11) is 1.37. The maximum atomic E-state index is 4.56. The van der Waals surface area contributed by atoms with Crippen LogP contribution in [-0.4, -0.2) is 24.0 Å². The van der Waals surface area contributed by atoms with Crippen molar-refractivity contribution in [1.29, 1.82) is 0 Å². The third-order valence-electron chi connectivity index (χ3n) is 0.709. The second-order valence-electron chi connectivity index (χ2n) is 1.34. The Morgan fingerprint density at radius 2 is 2.55 bits per heavy atom. The number of rotatable bonds is 4. The van der Waals surface area contributed by atoms with Crippen LogP contribution in [-0.2, 0) is 9.22 Å². The fourth-order valence-corrected chi connectivity index (χ4v) is 0.677. The first-order chi connectivity index (χ1) is 5.36. The molecule has 1 aromatic rings. The molecule has 0 amide bonds. The summed E-state index contributed by atoms with van der Waals surface area (Å²) < 4.78 is 9.01. The van der Waals surface area contributed by atoms with E-state index in [1.807, 2.05) is 0 Å². The highest BCUT2D eigenvalue weighted by Gasteiger charge is 2.04. The lowest BCUT2D eigenvalue weighted by atomic mass is 11.1. The molecule has 0 aliphatic rings. The molecule has 0 saturated heterocycles. The molecule has 0 fully saturated rings. The molecule has 0 aliphatic carbocycles. The highest BCUT2D eigenvalue weighted by atomic mass is 32.2. The number of nitrogens with zero attached hydrogens (tertiary/aromatic N) is 3. The zero-order valence-corrected chi connectivity index (χ0v) is 6.50. The summed E-state index contributed by atoms with van der Waals surface area (Å²) in [6, 6.07) is 0.104. The van der Waals surface area contributed by atoms with Crippen molar-refractivity contribution in [2.75, 3.05) is 7.11 Å². The van der Waals surface area contributed by atoms with Gasteiger partial charge in [0.2, 0.25) is 0 Å². The Morgan fingerprint density at radius 1 is 1.73 bits per heavy atom. The average Bonchev–Trinajstić information content (AvgIpc) is 2.48. The third kappa shape index (κ3) is 2.30. The van der Waals surface area contributed by atoms with Crippen LogP contribution in [0, 0.1) is 0 Å². The minimum Gasteiger partial charge on any atom is -0.312 e. The summed E-state index contributed by atoms with van der Waals surface area (Å²) in [5, 5.41) is 3.75. The first-order valence-electron chi connectivity index (χ1n) is 2.54. The van der Waals surface area contributed by atoms with Crippen LogP contribution in [0.15, 0.2) is 14.7 Å². The molecule has 0 N–H and O–H groups in total. The van der Waals surface area contributed by atoms with Crippen LogP contribution >= 0.6 is 12.0 Å². The molecule has 1 aromatic heterocycles. The molecule has 0 radical (unpaired) electrons. The van der Waals surface area contributed by atoms with E-state index in [-0.39, 0.29) is 11.2 Å². The van der Waals surface area contributed by atoms with E-state index in [1.165, 1.54) is 7.11 Å². The number of aliphatic imine (C=N–C) groups is 1. The van der Waals surface area contributed by atoms with Gasteiger partial charge in [-0.25, -0.2) is 9.88 Å². The number of hydrogen-bond acceptors (Lipinski definition) is 7. The first-order valence-corrected chi connectivity index (χ1v) is 3.28. The van der Waals surface area contributed by atoms with E-state index in [4.69, 9.17) is 0 Å². The van der Waals surface area contributed by atoms with Crippen molar-refractivity contribution in [2.24, 2.45) is 4.99 Å². The molecule has 11 heavy (non-hydrogen) atoms. The Morgan fingerprint density at radius 3 is 3.09 bits per heavy atom. The second kappa shape index (κ2) is 4.06. The highest BCUT2D eigenvalue weighted by Crippen LogP contribution is 2.17. The molecule has 0 aromatic carbocycles. The van der Waals surface area contributed by atoms with Gasteiger partial charge >= 0.3 is 6.01 Å². The van der Waals surface area contributed by atoms with E-state index in [9.17, 15) is 0 Å². The molecule has 1 heterocycles. The van der Waals surface area contributed by atoms with Gasteiger partial charge in [-0.3, -0.25) is 0 Å². The van der Waals surface area contributed by atoms with E-state index in [0.717, 1.165) is 12.0 Å². The maximum absolute atomic E-state index is 4.56. The Bertz CT molecular complexity index is 238. The minimum atomic E-state index is 0.104. The quantitative estimate of drug-likeness (QED) is 0.294. The lowest BCUT2D eigenvalue weighted by Gasteiger charge is -1.88. The van der Waals surface area contributed by atoms with E-state index in [1.54, 1.807) is 0 Å². The number of hydrogen-bond donors (Lipinski definition) is 0. The standard InChI is InChI=1S/C4H5N3O3S/c1-5-3-6-4(7-9-3)11-10-8-2/h1H2,2H3. The Hall–Kier alpha value is -0.920. The summed E-state index contributed by atoms with van der Waals surface area (Å²) in [6.45, 7) is 3.20. The van der Waals surface area contributed by atoms with Crippen molar-refractivity contribution < 1.29 is 13.7 Å². The molecule has 0 spiro atoms. The molecule has 6 nitrogen and oxygen atoms in total. The van der Waals surface area contributed by atoms with Gasteiger partial charge in [-0.1, -0.05) is 0 Å². The molecule has 0 atom stereocenters. The largest absolute Gasteiger partial charge is 0.347 e. The van der Waals surface area contributed by atoms with Gasteiger partial charge in [-0.15, -0.1) is 0 Å². The molecule has 1 rings (SSSR count). The van der Waals surface area contributed by atoms with Crippen LogP contribution in [0.2, 0.25) is 0 Å². The zero-order valence-electron chi connectivity index (χ0n) is 5.68. The van der Waals surface area contributed by atoms with Gasteiger partial charge in [-0.05, 0) is 11.9 Å². The smallest absolute Gasteiger partial charge is 0.312 e. The van der Waals surface area contributed by atoms with Crippen LogP contribution in [0.25, 0.3) is 0 Å². The van der Waals surface area contributed by atoms with Gasteiger partial charge in [0.1, 0.15) is 12.0 Å². The number of aromatic nitrogens is 2. The van der Waals surface area contributed by atoms with E-state index < -0.39 is 0 Å². The van der Waals surface area contributed by atoms with Crippen molar-refractivity contribution in [3.63, 3.8) is 0 Å². The third-order valence-corrected chi connectivity index (χ3v) is 1.23. The summed E-state index contributed by atoms with van der Waals surface area (Å²) in [5.74, 6) is 0. The average molecular weight is 175 g/mol. The molecule has 60 valence electrons. The molecular formula is C4H5N3O3S. The lowest BCUT2D eigenvalue weighted by Crippen LogP contribution is -1.78. The van der Waals surface area contributed by atoms with Gasteiger partial charge in [0.25, 0.3) is 5.16 Å². The van der Waals surface area contributed by atoms with Crippen LogP contribution < -0.4 is 0 Å². The SMILES string of the molecule is C=Nc1nc(SOOC)no1. The van der Waals surface area contributed by atoms with Crippen molar-refractivity contribution in [3.05, 3.63) is 0 Å². The Labute approximate surface area is 66.7 Å². The van der Waals surface area contributed by atoms with E-state index >= 15 is 0 Å². The summed E-state index contributed by atoms with van der Waals surface area (Å²) in [4.78, 5) is 11.4. The van der Waals surface area contributed by atoms with Gasteiger partial charge < -0.3 is 4.52 Å². The van der Waals surface area contributed by atoms with Crippen molar-refractivity contribution in [3.8, 4) is 0 Å². The van der Waals surface area contributed by atoms with Crippen LogP contribution in [0.4, 0.5) is 6.01 Å². The summed E-state index contributed by atoms with van der Waals surface area (Å²) >= 11 is 0.831. The molecule has 0 aliphatic heterocycles. The van der Waals surface area contributed by atoms with Crippen molar-refractivity contribution >= 4 is 24.8 Å². The zero-order chi connectivity index (χ0) is 8.10. The Balaban J connectivity index is 2.51. The maximum Gasteiger partial charge on any atom is 0.347 e. The molecule has 0 saturated carbocycles. The predicted octanol–water partition coefficient (Wildman–Crippen LogP) is 0.987. The van der Waals surface area contributed by atoms with Gasteiger partial charge in [-0.2, -0.15) is 9.32 Å². The van der Waals surface area contributed by atoms with Crippen molar-refractivity contribution in [2.45, 2.75) is 5.16 Å². The Kier molecular flexibility index (Phi) is 3.02. The second-order valence-corrected chi connectivity index (χ2v) is 2.00.